The molecule has 0 bridgehead atoms. The molecule has 0 aromatic rings. The van der Waals surface area contributed by atoms with Crippen molar-refractivity contribution < 1.29 is 4.79 Å². The van der Waals surface area contributed by atoms with Gasteiger partial charge in [0.15, 0.2) is 0 Å². The Balaban J connectivity index is 2.18. The Kier molecular flexibility index (Phi) is 2.00. The van der Waals surface area contributed by atoms with Crippen LogP contribution in [0.25, 0.3) is 0 Å². The molecule has 0 atom stereocenters. The molecule has 1 amide bonds. The van der Waals surface area contributed by atoms with Gasteiger partial charge in [0.25, 0.3) is 0 Å². The molecule has 68 valence electrons. The molecule has 0 saturated heterocycles. The van der Waals surface area contributed by atoms with Crippen molar-refractivity contribution in [2.24, 2.45) is 4.99 Å². The van der Waals surface area contributed by atoms with E-state index in [-0.39, 0.29) is 5.91 Å². The van der Waals surface area contributed by atoms with E-state index in [4.69, 9.17) is 0 Å². The van der Waals surface area contributed by atoms with Crippen LogP contribution in [0.15, 0.2) is 28.8 Å². The second kappa shape index (κ2) is 3.17. The summed E-state index contributed by atoms with van der Waals surface area (Å²) >= 11 is 0. The van der Waals surface area contributed by atoms with Crippen LogP contribution in [-0.4, -0.2) is 29.7 Å². The fourth-order valence-electron chi connectivity index (χ4n) is 1.64. The lowest BCUT2D eigenvalue weighted by molar-refractivity contribution is -0.124. The van der Waals surface area contributed by atoms with Crippen LogP contribution in [-0.2, 0) is 4.79 Å². The van der Waals surface area contributed by atoms with E-state index in [1.165, 1.54) is 0 Å². The first-order valence-electron chi connectivity index (χ1n) is 4.47. The molecule has 13 heavy (non-hydrogen) atoms. The summed E-state index contributed by atoms with van der Waals surface area (Å²) in [5.74, 6) is 0.960. The van der Waals surface area contributed by atoms with Crippen LogP contribution in [0.1, 0.15) is 13.3 Å². The summed E-state index contributed by atoms with van der Waals surface area (Å²) in [4.78, 5) is 17.3. The molecule has 3 nitrogen and oxygen atoms in total. The monoisotopic (exact) mass is 176 g/mol. The van der Waals surface area contributed by atoms with E-state index in [1.807, 2.05) is 12.2 Å². The number of aliphatic imine (C=N–C) groups is 1. The van der Waals surface area contributed by atoms with Crippen LogP contribution in [0.2, 0.25) is 0 Å². The highest BCUT2D eigenvalue weighted by atomic mass is 16.2. The van der Waals surface area contributed by atoms with Gasteiger partial charge in [-0.15, -0.1) is 0 Å². The molecule has 2 aliphatic rings. The van der Waals surface area contributed by atoms with Crippen molar-refractivity contribution >= 4 is 11.7 Å². The zero-order valence-electron chi connectivity index (χ0n) is 7.66. The third-order valence-corrected chi connectivity index (χ3v) is 2.28. The molecular formula is C10H12N2O. The second-order valence-electron chi connectivity index (χ2n) is 3.20. The summed E-state index contributed by atoms with van der Waals surface area (Å²) in [6.45, 7) is 3.07. The van der Waals surface area contributed by atoms with Gasteiger partial charge in [-0.1, -0.05) is 18.2 Å². The lowest BCUT2D eigenvalue weighted by Crippen LogP contribution is -2.33. The smallest absolute Gasteiger partial charge is 0.225 e. The number of carbonyl (C=O) groups is 1. The van der Waals surface area contributed by atoms with Crippen LogP contribution in [0.3, 0.4) is 0 Å². The molecule has 0 aromatic heterocycles. The maximum absolute atomic E-state index is 11.2. The first-order chi connectivity index (χ1) is 6.29. The first kappa shape index (κ1) is 8.23. The zero-order chi connectivity index (χ0) is 9.26. The lowest BCUT2D eigenvalue weighted by atomic mass is 10.2. The van der Waals surface area contributed by atoms with Crippen molar-refractivity contribution in [1.29, 1.82) is 0 Å². The number of amidine groups is 1. The third kappa shape index (κ3) is 1.41. The van der Waals surface area contributed by atoms with Crippen LogP contribution >= 0.6 is 0 Å². The first-order valence-corrected chi connectivity index (χ1v) is 4.47. The molecule has 0 N–H and O–H groups in total. The highest BCUT2D eigenvalue weighted by Gasteiger charge is 2.23. The van der Waals surface area contributed by atoms with E-state index in [0.29, 0.717) is 0 Å². The molecule has 2 rings (SSSR count). The van der Waals surface area contributed by atoms with Gasteiger partial charge in [-0.25, -0.2) is 0 Å². The highest BCUT2D eigenvalue weighted by Crippen LogP contribution is 2.18. The van der Waals surface area contributed by atoms with E-state index < -0.39 is 0 Å². The minimum atomic E-state index is 0.0871. The summed E-state index contributed by atoms with van der Waals surface area (Å²) in [6, 6.07) is 0. The molecule has 0 fully saturated rings. The SMILES string of the molecule is CC(=O)N1CCN=C1C1=CC=CC1. The van der Waals surface area contributed by atoms with Gasteiger partial charge in [0.05, 0.1) is 6.54 Å². The van der Waals surface area contributed by atoms with Crippen molar-refractivity contribution in [1.82, 2.24) is 4.90 Å². The summed E-state index contributed by atoms with van der Waals surface area (Å²) < 4.78 is 0. The fourth-order valence-corrected chi connectivity index (χ4v) is 1.64. The third-order valence-electron chi connectivity index (χ3n) is 2.28. The average molecular weight is 176 g/mol. The Bertz CT molecular complexity index is 326. The quantitative estimate of drug-likeness (QED) is 0.589. The molecule has 1 heterocycles. The Morgan fingerprint density at radius 1 is 1.62 bits per heavy atom. The maximum atomic E-state index is 11.2. The highest BCUT2D eigenvalue weighted by molar-refractivity contribution is 6.08. The zero-order valence-corrected chi connectivity index (χ0v) is 7.66. The van der Waals surface area contributed by atoms with Crippen molar-refractivity contribution in [3.63, 3.8) is 0 Å². The Hall–Kier alpha value is -1.38. The fraction of sp³-hybridized carbons (Fsp3) is 0.400. The summed E-state index contributed by atoms with van der Waals surface area (Å²) in [5, 5.41) is 0. The standard InChI is InChI=1S/C10H12N2O/c1-8(13)12-7-6-11-10(12)9-4-2-3-5-9/h2-4H,5-7H2,1H3. The Morgan fingerprint density at radius 2 is 2.46 bits per heavy atom. The van der Waals surface area contributed by atoms with E-state index >= 15 is 0 Å². The summed E-state index contributed by atoms with van der Waals surface area (Å²) in [7, 11) is 0. The van der Waals surface area contributed by atoms with E-state index in [0.717, 1.165) is 30.9 Å². The lowest BCUT2D eigenvalue weighted by Gasteiger charge is -2.16. The number of hydrogen-bond donors (Lipinski definition) is 0. The van der Waals surface area contributed by atoms with Gasteiger partial charge in [-0.2, -0.15) is 0 Å². The Labute approximate surface area is 77.4 Å². The number of amides is 1. The molecule has 0 spiro atoms. The van der Waals surface area contributed by atoms with Crippen LogP contribution < -0.4 is 0 Å². The predicted molar refractivity (Wildman–Crippen MR) is 51.5 cm³/mol. The van der Waals surface area contributed by atoms with Gasteiger partial charge >= 0.3 is 0 Å². The molecular weight excluding hydrogens is 164 g/mol. The molecule has 3 heteroatoms. The van der Waals surface area contributed by atoms with E-state index in [1.54, 1.807) is 11.8 Å². The summed E-state index contributed by atoms with van der Waals surface area (Å²) in [6.07, 6.45) is 7.02. The minimum Gasteiger partial charge on any atom is -0.295 e. The number of hydrogen-bond acceptors (Lipinski definition) is 2. The van der Waals surface area contributed by atoms with E-state index in [2.05, 4.69) is 11.1 Å². The molecule has 1 aliphatic heterocycles. The normalized spacial score (nSPS) is 20.5. The minimum absolute atomic E-state index is 0.0871. The summed E-state index contributed by atoms with van der Waals surface area (Å²) in [5.41, 5.74) is 1.16. The van der Waals surface area contributed by atoms with Crippen molar-refractivity contribution in [3.05, 3.63) is 23.8 Å². The molecule has 0 saturated carbocycles. The van der Waals surface area contributed by atoms with Crippen LogP contribution in [0.5, 0.6) is 0 Å². The molecule has 1 aliphatic carbocycles. The maximum Gasteiger partial charge on any atom is 0.225 e. The molecule has 0 unspecified atom stereocenters. The second-order valence-corrected chi connectivity index (χ2v) is 3.20. The molecule has 0 radical (unpaired) electrons. The van der Waals surface area contributed by atoms with Gasteiger partial charge < -0.3 is 0 Å². The average Bonchev–Trinajstić information content (AvgIpc) is 2.74. The van der Waals surface area contributed by atoms with Gasteiger partial charge in [0.2, 0.25) is 5.91 Å². The van der Waals surface area contributed by atoms with Crippen molar-refractivity contribution in [2.45, 2.75) is 13.3 Å². The number of allylic oxidation sites excluding steroid dienone is 3. The number of carbonyl (C=O) groups excluding carboxylic acids is 1. The largest absolute Gasteiger partial charge is 0.295 e. The van der Waals surface area contributed by atoms with Gasteiger partial charge in [-0.3, -0.25) is 14.7 Å². The van der Waals surface area contributed by atoms with E-state index in [9.17, 15) is 4.79 Å². The topological polar surface area (TPSA) is 32.7 Å². The number of rotatable bonds is 1. The van der Waals surface area contributed by atoms with Crippen LogP contribution in [0, 0.1) is 0 Å². The van der Waals surface area contributed by atoms with Crippen LogP contribution in [0.4, 0.5) is 0 Å². The predicted octanol–water partition coefficient (Wildman–Crippen LogP) is 1.13. The molecule has 0 aromatic carbocycles. The van der Waals surface area contributed by atoms with Gasteiger partial charge in [0, 0.05) is 13.5 Å². The van der Waals surface area contributed by atoms with Crippen molar-refractivity contribution in [2.75, 3.05) is 13.1 Å². The van der Waals surface area contributed by atoms with Gasteiger partial charge in [-0.05, 0) is 12.0 Å². The Morgan fingerprint density at radius 3 is 3.08 bits per heavy atom. The van der Waals surface area contributed by atoms with Crippen molar-refractivity contribution in [3.8, 4) is 0 Å². The number of nitrogens with zero attached hydrogens (tertiary/aromatic N) is 2. The van der Waals surface area contributed by atoms with Gasteiger partial charge in [0.1, 0.15) is 5.84 Å².